The van der Waals surface area contributed by atoms with Gasteiger partial charge in [-0.05, 0) is 13.8 Å². The topological polar surface area (TPSA) is 64.6 Å². The Kier molecular flexibility index (Phi) is 1.54. The fourth-order valence-corrected chi connectivity index (χ4v) is 2.17. The molecule has 0 atom stereocenters. The lowest BCUT2D eigenvalue weighted by molar-refractivity contribution is 0.0865. The van der Waals surface area contributed by atoms with Crippen LogP contribution in [0, 0.1) is 0 Å². The van der Waals surface area contributed by atoms with Crippen molar-refractivity contribution in [1.82, 2.24) is 15.1 Å². The van der Waals surface area contributed by atoms with Crippen LogP contribution < -0.4 is 4.90 Å². The number of carbonyl (C=O) groups excluding carboxylic acids is 1. The first-order valence-corrected chi connectivity index (χ1v) is 5.19. The molecule has 0 spiro atoms. The quantitative estimate of drug-likeness (QED) is 0.689. The Hall–Kier alpha value is -1.85. The van der Waals surface area contributed by atoms with Crippen LogP contribution in [0.25, 0.3) is 0 Å². The zero-order chi connectivity index (χ0) is 11.5. The summed E-state index contributed by atoms with van der Waals surface area (Å²) in [5.74, 6) is 1.32. The van der Waals surface area contributed by atoms with Crippen LogP contribution in [0.2, 0.25) is 0 Å². The van der Waals surface area contributed by atoms with E-state index in [1.54, 1.807) is 18.1 Å². The van der Waals surface area contributed by atoms with E-state index >= 15 is 0 Å². The number of hydrogen-bond acceptors (Lipinski definition) is 4. The van der Waals surface area contributed by atoms with Gasteiger partial charge in [0.1, 0.15) is 5.56 Å². The van der Waals surface area contributed by atoms with E-state index in [0.29, 0.717) is 17.3 Å². The second-order valence-corrected chi connectivity index (χ2v) is 4.80. The molecule has 1 aromatic heterocycles. The second-order valence-electron chi connectivity index (χ2n) is 4.80. The van der Waals surface area contributed by atoms with Gasteiger partial charge in [0.05, 0.1) is 12.1 Å². The Bertz CT molecular complexity index is 501. The van der Waals surface area contributed by atoms with Gasteiger partial charge in [0.2, 0.25) is 5.96 Å². The van der Waals surface area contributed by atoms with Crippen LogP contribution in [-0.2, 0) is 0 Å². The maximum absolute atomic E-state index is 12.0. The molecular weight excluding hydrogens is 206 g/mol. The van der Waals surface area contributed by atoms with E-state index in [1.807, 2.05) is 18.7 Å². The molecule has 3 heterocycles. The van der Waals surface area contributed by atoms with Crippen molar-refractivity contribution < 1.29 is 4.79 Å². The molecule has 0 saturated heterocycles. The van der Waals surface area contributed by atoms with Crippen molar-refractivity contribution in [2.45, 2.75) is 19.4 Å². The predicted octanol–water partition coefficient (Wildman–Crippen LogP) is 0.450. The summed E-state index contributed by atoms with van der Waals surface area (Å²) in [5, 5.41) is 6.86. The fraction of sp³-hybridized carbons (Fsp3) is 0.500. The van der Waals surface area contributed by atoms with Crippen molar-refractivity contribution in [3.63, 3.8) is 0 Å². The van der Waals surface area contributed by atoms with Gasteiger partial charge in [-0.2, -0.15) is 5.10 Å². The third kappa shape index (κ3) is 1.04. The first-order valence-electron chi connectivity index (χ1n) is 5.19. The molecule has 0 unspecified atom stereocenters. The minimum absolute atomic E-state index is 0.0588. The largest absolute Gasteiger partial charge is 0.292 e. The Balaban J connectivity index is 2.18. The average molecular weight is 219 g/mol. The lowest BCUT2D eigenvalue weighted by Gasteiger charge is -2.30. The number of guanidine groups is 1. The van der Waals surface area contributed by atoms with E-state index in [4.69, 9.17) is 0 Å². The van der Waals surface area contributed by atoms with Gasteiger partial charge in [-0.15, -0.1) is 0 Å². The Labute approximate surface area is 92.9 Å². The minimum atomic E-state index is -0.176. The number of aliphatic imine (C=N–C) groups is 1. The standard InChI is InChI=1S/C10H13N5O/c1-10(2)5-15-7-6(4-11-13-7)8(16)14(3)9(15)12-10/h4H,5H2,1-3H3,(H,11,13). The lowest BCUT2D eigenvalue weighted by Crippen LogP contribution is -2.48. The maximum atomic E-state index is 12.0. The average Bonchev–Trinajstić information content (AvgIpc) is 2.77. The van der Waals surface area contributed by atoms with Crippen molar-refractivity contribution in [3.8, 4) is 0 Å². The van der Waals surface area contributed by atoms with Crippen LogP contribution in [0.4, 0.5) is 5.82 Å². The first-order chi connectivity index (χ1) is 7.49. The first kappa shape index (κ1) is 9.38. The molecule has 2 aliphatic rings. The summed E-state index contributed by atoms with van der Waals surface area (Å²) >= 11 is 0. The highest BCUT2D eigenvalue weighted by molar-refractivity contribution is 6.18. The van der Waals surface area contributed by atoms with Crippen LogP contribution in [0.3, 0.4) is 0 Å². The van der Waals surface area contributed by atoms with Crippen molar-refractivity contribution in [3.05, 3.63) is 11.8 Å². The summed E-state index contributed by atoms with van der Waals surface area (Å²) < 4.78 is 0. The highest BCUT2D eigenvalue weighted by Gasteiger charge is 2.42. The number of aromatic nitrogens is 2. The molecule has 2 aliphatic heterocycles. The Morgan fingerprint density at radius 1 is 1.50 bits per heavy atom. The van der Waals surface area contributed by atoms with Crippen molar-refractivity contribution in [2.24, 2.45) is 4.99 Å². The fourth-order valence-electron chi connectivity index (χ4n) is 2.17. The number of fused-ring (bicyclic) bond motifs is 3. The summed E-state index contributed by atoms with van der Waals surface area (Å²) in [6.07, 6.45) is 1.64. The molecule has 0 aliphatic carbocycles. The molecule has 0 radical (unpaired) electrons. The van der Waals surface area contributed by atoms with Crippen molar-refractivity contribution in [2.75, 3.05) is 18.5 Å². The summed E-state index contributed by atoms with van der Waals surface area (Å²) in [4.78, 5) is 20.1. The van der Waals surface area contributed by atoms with Crippen LogP contribution >= 0.6 is 0 Å². The molecule has 1 N–H and O–H groups in total. The number of aromatic amines is 1. The molecule has 84 valence electrons. The van der Waals surface area contributed by atoms with Gasteiger partial charge >= 0.3 is 0 Å². The van der Waals surface area contributed by atoms with E-state index in [2.05, 4.69) is 15.2 Å². The summed E-state index contributed by atoms with van der Waals surface area (Å²) in [5.41, 5.74) is 0.434. The van der Waals surface area contributed by atoms with Crippen molar-refractivity contribution >= 4 is 17.7 Å². The van der Waals surface area contributed by atoms with Gasteiger partial charge in [-0.25, -0.2) is 4.99 Å². The number of anilines is 1. The molecular formula is C10H13N5O. The minimum Gasteiger partial charge on any atom is -0.292 e. The third-order valence-corrected chi connectivity index (χ3v) is 2.90. The number of H-pyrrole nitrogens is 1. The van der Waals surface area contributed by atoms with Crippen molar-refractivity contribution in [1.29, 1.82) is 0 Å². The molecule has 6 heteroatoms. The van der Waals surface area contributed by atoms with E-state index in [9.17, 15) is 4.79 Å². The van der Waals surface area contributed by atoms with Gasteiger partial charge in [0.15, 0.2) is 5.82 Å². The molecule has 6 nitrogen and oxygen atoms in total. The zero-order valence-electron chi connectivity index (χ0n) is 9.48. The number of nitrogens with one attached hydrogen (secondary N) is 1. The smallest absolute Gasteiger partial charge is 0.265 e. The molecule has 0 aromatic carbocycles. The van der Waals surface area contributed by atoms with E-state index in [1.165, 1.54) is 0 Å². The van der Waals surface area contributed by atoms with Gasteiger partial charge < -0.3 is 0 Å². The second kappa shape index (κ2) is 2.63. The summed E-state index contributed by atoms with van der Waals surface area (Å²) in [6, 6.07) is 0. The molecule has 16 heavy (non-hydrogen) atoms. The normalized spacial score (nSPS) is 21.9. The van der Waals surface area contributed by atoms with Crippen LogP contribution in [0.1, 0.15) is 24.2 Å². The molecule has 1 aromatic rings. The Morgan fingerprint density at radius 2 is 2.25 bits per heavy atom. The molecule has 3 rings (SSSR count). The highest BCUT2D eigenvalue weighted by Crippen LogP contribution is 2.32. The lowest BCUT2D eigenvalue weighted by atomic mass is 10.1. The van der Waals surface area contributed by atoms with Crippen LogP contribution in [-0.4, -0.2) is 46.1 Å². The number of carbonyl (C=O) groups is 1. The van der Waals surface area contributed by atoms with E-state index < -0.39 is 0 Å². The summed E-state index contributed by atoms with van der Waals surface area (Å²) in [6.45, 7) is 4.84. The number of amides is 1. The number of rotatable bonds is 0. The highest BCUT2D eigenvalue weighted by atomic mass is 16.2. The van der Waals surface area contributed by atoms with Crippen LogP contribution in [0.5, 0.6) is 0 Å². The zero-order valence-corrected chi connectivity index (χ0v) is 9.48. The molecule has 1 amide bonds. The van der Waals surface area contributed by atoms with E-state index in [-0.39, 0.29) is 11.4 Å². The molecule has 0 bridgehead atoms. The third-order valence-electron chi connectivity index (χ3n) is 2.90. The predicted molar refractivity (Wildman–Crippen MR) is 59.5 cm³/mol. The van der Waals surface area contributed by atoms with Gasteiger partial charge in [0.25, 0.3) is 5.91 Å². The monoisotopic (exact) mass is 219 g/mol. The molecule has 0 fully saturated rings. The summed E-state index contributed by atoms with van der Waals surface area (Å²) in [7, 11) is 1.74. The number of hydrogen-bond donors (Lipinski definition) is 1. The van der Waals surface area contributed by atoms with Gasteiger partial charge in [-0.1, -0.05) is 0 Å². The molecule has 0 saturated carbocycles. The number of nitrogens with zero attached hydrogens (tertiary/aromatic N) is 4. The van der Waals surface area contributed by atoms with Gasteiger partial charge in [-0.3, -0.25) is 19.7 Å². The van der Waals surface area contributed by atoms with Crippen LogP contribution in [0.15, 0.2) is 11.2 Å². The maximum Gasteiger partial charge on any atom is 0.265 e. The SMILES string of the molecule is CN1C(=O)c2c[nH]nc2N2CC(C)(C)N=C12. The Morgan fingerprint density at radius 3 is 3.00 bits per heavy atom. The van der Waals surface area contributed by atoms with E-state index in [0.717, 1.165) is 6.54 Å². The van der Waals surface area contributed by atoms with Gasteiger partial charge in [0, 0.05) is 13.2 Å².